The van der Waals surface area contributed by atoms with Crippen LogP contribution < -0.4 is 14.5 Å². The number of esters is 1. The van der Waals surface area contributed by atoms with Gasteiger partial charge in [-0.05, 0) is 24.6 Å². The Bertz CT molecular complexity index is 636. The second kappa shape index (κ2) is 7.76. The van der Waals surface area contributed by atoms with Crippen molar-refractivity contribution >= 4 is 17.5 Å². The molecule has 124 valence electrons. The molecule has 0 saturated heterocycles. The normalized spacial score (nSPS) is 12.9. The smallest absolute Gasteiger partial charge is 0.313 e. The molecule has 0 amide bonds. The van der Waals surface area contributed by atoms with Gasteiger partial charge in [-0.25, -0.2) is 4.99 Å². The Kier molecular flexibility index (Phi) is 5.73. The Morgan fingerprint density at radius 3 is 2.52 bits per heavy atom. The van der Waals surface area contributed by atoms with Gasteiger partial charge in [0.2, 0.25) is 0 Å². The molecule has 23 heavy (non-hydrogen) atoms. The van der Waals surface area contributed by atoms with Crippen molar-refractivity contribution in [2.75, 3.05) is 27.4 Å². The molecule has 0 saturated carbocycles. The number of hydrogen-bond acceptors (Lipinski definition) is 5. The first-order chi connectivity index (χ1) is 11.1. The number of nitrogens with one attached hydrogen (secondary N) is 1. The van der Waals surface area contributed by atoms with E-state index in [1.54, 1.807) is 21.1 Å². The molecule has 1 aliphatic heterocycles. The molecule has 0 atom stereocenters. The van der Waals surface area contributed by atoms with Crippen LogP contribution in [-0.2, 0) is 20.7 Å². The van der Waals surface area contributed by atoms with Gasteiger partial charge in [-0.1, -0.05) is 0 Å². The number of ether oxygens (including phenoxy) is 3. The molecule has 2 rings (SSSR count). The van der Waals surface area contributed by atoms with Crippen LogP contribution in [0.25, 0.3) is 0 Å². The van der Waals surface area contributed by atoms with Crippen molar-refractivity contribution in [2.24, 2.45) is 0 Å². The SMILES string of the molecule is CCOC(=O)CC(=O)CC1=[NH+]CCc2cc(OC)c(OC)cc21. The predicted octanol–water partition coefficient (Wildman–Crippen LogP) is 0.0420. The molecule has 1 heterocycles. The molecule has 0 radical (unpaired) electrons. The third-order valence-electron chi connectivity index (χ3n) is 3.69. The lowest BCUT2D eigenvalue weighted by Crippen LogP contribution is -2.75. The summed E-state index contributed by atoms with van der Waals surface area (Å²) in [6, 6.07) is 3.80. The lowest BCUT2D eigenvalue weighted by Gasteiger charge is -2.16. The van der Waals surface area contributed by atoms with Gasteiger partial charge >= 0.3 is 5.97 Å². The quantitative estimate of drug-likeness (QED) is 0.567. The van der Waals surface area contributed by atoms with E-state index in [0.717, 1.165) is 29.8 Å². The summed E-state index contributed by atoms with van der Waals surface area (Å²) in [6.07, 6.45) is 0.800. The summed E-state index contributed by atoms with van der Waals surface area (Å²) in [5, 5.41) is 0. The van der Waals surface area contributed by atoms with Gasteiger partial charge in [-0.15, -0.1) is 0 Å². The van der Waals surface area contributed by atoms with Crippen LogP contribution in [0.4, 0.5) is 0 Å². The van der Waals surface area contributed by atoms with E-state index in [2.05, 4.69) is 4.99 Å². The van der Waals surface area contributed by atoms with Crippen LogP contribution in [0.2, 0.25) is 0 Å². The number of benzene rings is 1. The van der Waals surface area contributed by atoms with Gasteiger partial charge in [0, 0.05) is 12.0 Å². The molecule has 1 aromatic carbocycles. The third kappa shape index (κ3) is 4.09. The topological polar surface area (TPSA) is 75.8 Å². The highest BCUT2D eigenvalue weighted by molar-refractivity contribution is 6.12. The second-order valence-corrected chi connectivity index (χ2v) is 5.22. The van der Waals surface area contributed by atoms with Crippen LogP contribution in [0.5, 0.6) is 11.5 Å². The second-order valence-electron chi connectivity index (χ2n) is 5.22. The molecule has 0 unspecified atom stereocenters. The van der Waals surface area contributed by atoms with E-state index in [4.69, 9.17) is 14.2 Å². The molecule has 1 N–H and O–H groups in total. The van der Waals surface area contributed by atoms with Gasteiger partial charge in [-0.3, -0.25) is 9.59 Å². The molecule has 0 fully saturated rings. The maximum absolute atomic E-state index is 12.1. The minimum Gasteiger partial charge on any atom is -0.493 e. The van der Waals surface area contributed by atoms with Gasteiger partial charge in [0.15, 0.2) is 23.0 Å². The van der Waals surface area contributed by atoms with E-state index >= 15 is 0 Å². The number of hydrogen-bond donors (Lipinski definition) is 1. The van der Waals surface area contributed by atoms with Gasteiger partial charge in [-0.2, -0.15) is 0 Å². The first-order valence-electron chi connectivity index (χ1n) is 7.61. The lowest BCUT2D eigenvalue weighted by atomic mass is 9.93. The molecular weight excluding hydrogens is 298 g/mol. The third-order valence-corrected chi connectivity index (χ3v) is 3.69. The van der Waals surface area contributed by atoms with E-state index in [9.17, 15) is 9.59 Å². The first kappa shape index (κ1) is 17.0. The zero-order chi connectivity index (χ0) is 16.8. The molecule has 0 bridgehead atoms. The number of rotatable bonds is 7. The molecule has 6 heteroatoms. The average molecular weight is 320 g/mol. The van der Waals surface area contributed by atoms with E-state index < -0.39 is 5.97 Å². The maximum Gasteiger partial charge on any atom is 0.313 e. The highest BCUT2D eigenvalue weighted by Gasteiger charge is 2.25. The van der Waals surface area contributed by atoms with Crippen molar-refractivity contribution in [1.82, 2.24) is 0 Å². The van der Waals surface area contributed by atoms with E-state index in [0.29, 0.717) is 11.5 Å². The Morgan fingerprint density at radius 1 is 1.17 bits per heavy atom. The van der Waals surface area contributed by atoms with Crippen molar-refractivity contribution in [3.05, 3.63) is 23.3 Å². The minimum absolute atomic E-state index is 0.168. The molecule has 1 aromatic rings. The molecule has 6 nitrogen and oxygen atoms in total. The first-order valence-corrected chi connectivity index (χ1v) is 7.61. The van der Waals surface area contributed by atoms with Crippen molar-refractivity contribution in [1.29, 1.82) is 0 Å². The molecular formula is C17H22NO5+. The van der Waals surface area contributed by atoms with Crippen LogP contribution >= 0.6 is 0 Å². The zero-order valence-corrected chi connectivity index (χ0v) is 13.7. The highest BCUT2D eigenvalue weighted by Crippen LogP contribution is 2.31. The van der Waals surface area contributed by atoms with Crippen molar-refractivity contribution in [3.8, 4) is 11.5 Å². The number of carbonyl (C=O) groups excluding carboxylic acids is 2. The number of methoxy groups -OCH3 is 2. The standard InChI is InChI=1S/C17H21NO5/c1-4-23-17(20)9-12(19)8-14-13-10-16(22-3)15(21-2)7-11(13)5-6-18-14/h7,10H,4-6,8-9H2,1-3H3/p+1. The van der Waals surface area contributed by atoms with E-state index in [-0.39, 0.29) is 25.2 Å². The number of carbonyl (C=O) groups is 2. The van der Waals surface area contributed by atoms with Crippen LogP contribution in [0.3, 0.4) is 0 Å². The summed E-state index contributed by atoms with van der Waals surface area (Å²) in [7, 11) is 3.17. The van der Waals surface area contributed by atoms with Crippen LogP contribution in [0.1, 0.15) is 30.9 Å². The summed E-state index contributed by atoms with van der Waals surface area (Å²) < 4.78 is 15.5. The minimum atomic E-state index is -0.485. The molecule has 0 spiro atoms. The van der Waals surface area contributed by atoms with Crippen molar-refractivity contribution < 1.29 is 28.8 Å². The highest BCUT2D eigenvalue weighted by atomic mass is 16.5. The largest absolute Gasteiger partial charge is 0.493 e. The van der Waals surface area contributed by atoms with E-state index in [1.165, 1.54) is 0 Å². The summed E-state index contributed by atoms with van der Waals surface area (Å²) in [6.45, 7) is 2.74. The summed E-state index contributed by atoms with van der Waals surface area (Å²) >= 11 is 0. The fourth-order valence-corrected chi connectivity index (χ4v) is 2.64. The summed E-state index contributed by atoms with van der Waals surface area (Å²) in [4.78, 5) is 26.7. The fourth-order valence-electron chi connectivity index (χ4n) is 2.64. The van der Waals surface area contributed by atoms with Gasteiger partial charge < -0.3 is 14.2 Å². The van der Waals surface area contributed by atoms with E-state index in [1.807, 2.05) is 12.1 Å². The maximum atomic E-state index is 12.1. The number of fused-ring (bicyclic) bond motifs is 1. The number of Topliss-reactive ketones (excluding diaryl/α,β-unsaturated/α-hetero) is 1. The molecule has 0 aromatic heterocycles. The van der Waals surface area contributed by atoms with Gasteiger partial charge in [0.1, 0.15) is 13.0 Å². The zero-order valence-electron chi connectivity index (χ0n) is 13.7. The average Bonchev–Trinajstić information content (AvgIpc) is 2.53. The molecule has 1 aliphatic rings. The Hall–Kier alpha value is -2.37. The predicted molar refractivity (Wildman–Crippen MR) is 84.1 cm³/mol. The molecule has 0 aliphatic carbocycles. The van der Waals surface area contributed by atoms with Gasteiger partial charge in [0.25, 0.3) is 0 Å². The summed E-state index contributed by atoms with van der Waals surface area (Å²) in [5.74, 6) is 0.630. The fraction of sp³-hybridized carbons (Fsp3) is 0.471. The van der Waals surface area contributed by atoms with Crippen molar-refractivity contribution in [3.63, 3.8) is 0 Å². The van der Waals surface area contributed by atoms with Crippen LogP contribution in [0, 0.1) is 0 Å². The van der Waals surface area contributed by atoms with Gasteiger partial charge in [0.05, 0.1) is 27.2 Å². The summed E-state index contributed by atoms with van der Waals surface area (Å²) in [5.41, 5.74) is 2.84. The Morgan fingerprint density at radius 2 is 1.87 bits per heavy atom. The van der Waals surface area contributed by atoms with Crippen LogP contribution in [0.15, 0.2) is 12.1 Å². The van der Waals surface area contributed by atoms with Crippen molar-refractivity contribution in [2.45, 2.75) is 26.2 Å². The van der Waals surface area contributed by atoms with Crippen LogP contribution in [-0.4, -0.2) is 44.8 Å². The Labute approximate surface area is 135 Å². The lowest BCUT2D eigenvalue weighted by molar-refractivity contribution is -0.458. The number of ketones is 1. The monoisotopic (exact) mass is 320 g/mol. The Balaban J connectivity index is 2.18.